The van der Waals surface area contributed by atoms with Crippen molar-refractivity contribution < 1.29 is 41.0 Å². The van der Waals surface area contributed by atoms with Gasteiger partial charge >= 0.3 is 12.1 Å². The van der Waals surface area contributed by atoms with Crippen LogP contribution in [-0.4, -0.2) is 96.5 Å². The highest BCUT2D eigenvalue weighted by Gasteiger charge is 2.38. The Labute approximate surface area is 234 Å². The summed E-state index contributed by atoms with van der Waals surface area (Å²) in [6, 6.07) is 4.95. The van der Waals surface area contributed by atoms with Crippen molar-refractivity contribution in [1.82, 2.24) is 24.6 Å². The van der Waals surface area contributed by atoms with E-state index in [4.69, 9.17) is 20.4 Å². The molecule has 4 rings (SSSR count). The van der Waals surface area contributed by atoms with E-state index in [9.17, 15) is 26.4 Å². The molecule has 1 unspecified atom stereocenters. The van der Waals surface area contributed by atoms with E-state index in [1.807, 2.05) is 6.92 Å². The van der Waals surface area contributed by atoms with Gasteiger partial charge in [-0.1, -0.05) is 6.07 Å². The van der Waals surface area contributed by atoms with Gasteiger partial charge in [0, 0.05) is 44.3 Å². The monoisotopic (exact) mass is 600 g/mol. The fourth-order valence-corrected chi connectivity index (χ4v) is 4.93. The Hall–Kier alpha value is -3.76. The van der Waals surface area contributed by atoms with Crippen LogP contribution < -0.4 is 11.1 Å². The molecule has 0 aliphatic carbocycles. The Bertz CT molecular complexity index is 1530. The number of nitrogens with two attached hydrogens (primary N) is 1. The highest BCUT2D eigenvalue weighted by molar-refractivity contribution is 7.90. The summed E-state index contributed by atoms with van der Waals surface area (Å²) in [5.74, 6) is -2.94. The number of anilines is 1. The maximum absolute atomic E-state index is 13.1. The van der Waals surface area contributed by atoms with Crippen LogP contribution >= 0.6 is 0 Å². The first-order valence-electron chi connectivity index (χ1n) is 12.4. The average molecular weight is 601 g/mol. The molecule has 224 valence electrons. The van der Waals surface area contributed by atoms with E-state index < -0.39 is 22.0 Å². The topological polar surface area (TPSA) is 169 Å². The minimum absolute atomic E-state index is 0.00720. The van der Waals surface area contributed by atoms with Crippen LogP contribution in [0, 0.1) is 6.92 Å². The minimum atomic E-state index is -5.08. The predicted molar refractivity (Wildman–Crippen MR) is 143 cm³/mol. The maximum atomic E-state index is 13.1. The van der Waals surface area contributed by atoms with Gasteiger partial charge in [-0.05, 0) is 44.0 Å². The molecule has 41 heavy (non-hydrogen) atoms. The number of rotatable bonds is 7. The summed E-state index contributed by atoms with van der Waals surface area (Å²) in [6.07, 6.45) is 1.17. The van der Waals surface area contributed by atoms with Crippen LogP contribution in [0.15, 0.2) is 35.5 Å². The summed E-state index contributed by atoms with van der Waals surface area (Å²) in [5.41, 5.74) is 8.91. The number of hydrogen-bond donors (Lipinski definition) is 3. The van der Waals surface area contributed by atoms with Gasteiger partial charge < -0.3 is 20.9 Å². The number of hydrogen-bond acceptors (Lipinski definition) is 9. The van der Waals surface area contributed by atoms with Crippen molar-refractivity contribution >= 4 is 33.2 Å². The second-order valence-electron chi connectivity index (χ2n) is 9.51. The number of methoxy groups -OCH3 is 1. The van der Waals surface area contributed by atoms with Gasteiger partial charge in [0.25, 0.3) is 5.91 Å². The van der Waals surface area contributed by atoms with Gasteiger partial charge in [-0.2, -0.15) is 13.2 Å². The molecule has 1 atom stereocenters. The summed E-state index contributed by atoms with van der Waals surface area (Å²) >= 11 is 0. The molecule has 3 aromatic rings. The molecule has 16 heteroatoms. The molecular weight excluding hydrogens is 569 g/mol. The van der Waals surface area contributed by atoms with Gasteiger partial charge in [-0.15, -0.1) is 0 Å². The third-order valence-corrected chi connectivity index (χ3v) is 7.47. The number of halogens is 3. The van der Waals surface area contributed by atoms with Gasteiger partial charge in [0.1, 0.15) is 5.69 Å². The number of piperidine rings is 1. The Balaban J connectivity index is 0.000000587. The molecule has 1 fully saturated rings. The number of nitrogen functional groups attached to an aromatic ring is 1. The smallest absolute Gasteiger partial charge is 0.475 e. The molecule has 2 aromatic heterocycles. The molecule has 1 aromatic carbocycles. The van der Waals surface area contributed by atoms with Crippen LogP contribution in [-0.2, 0) is 19.4 Å². The van der Waals surface area contributed by atoms with E-state index in [2.05, 4.69) is 20.2 Å². The Morgan fingerprint density at radius 1 is 1.29 bits per heavy atom. The van der Waals surface area contributed by atoms with Crippen molar-refractivity contribution in [3.8, 4) is 11.3 Å². The number of ether oxygens (including phenoxy) is 1. The second kappa shape index (κ2) is 12.8. The summed E-state index contributed by atoms with van der Waals surface area (Å²) < 4.78 is 62.8. The van der Waals surface area contributed by atoms with Crippen molar-refractivity contribution in [2.75, 3.05) is 45.3 Å². The molecule has 4 N–H and O–H groups in total. The summed E-state index contributed by atoms with van der Waals surface area (Å²) in [7, 11) is -1.71. The molecule has 1 aliphatic rings. The lowest BCUT2D eigenvalue weighted by Gasteiger charge is -2.32. The number of aromatic nitrogens is 3. The van der Waals surface area contributed by atoms with Crippen molar-refractivity contribution in [3.05, 3.63) is 41.9 Å². The van der Waals surface area contributed by atoms with Crippen LogP contribution in [0.25, 0.3) is 16.9 Å². The second-order valence-corrected chi connectivity index (χ2v) is 11.5. The van der Waals surface area contributed by atoms with E-state index in [0.29, 0.717) is 23.5 Å². The predicted octanol–water partition coefficient (Wildman–Crippen LogP) is 2.16. The van der Waals surface area contributed by atoms with Crippen molar-refractivity contribution in [2.45, 2.75) is 36.9 Å². The normalized spacial score (nSPS) is 16.2. The lowest BCUT2D eigenvalue weighted by atomic mass is 10.1. The van der Waals surface area contributed by atoms with E-state index in [1.165, 1.54) is 6.26 Å². The zero-order valence-corrected chi connectivity index (χ0v) is 23.4. The number of benzene rings is 1. The standard InChI is InChI=1S/C23H30N6O4S.C2HF3O2/c1-15-6-7-17(34(3,31)32)11-18(15)20-12-25-22-21(24)27-19(14-29(20)22)23(30)26-16-5-4-8-28(13-16)9-10-33-2;3-2(4,5)1(6)7/h6-7,11-12,14,16H,4-5,8-10,13H2,1-3H3,(H2,24,27)(H,26,30);(H,6,7). The van der Waals surface area contributed by atoms with E-state index in [0.717, 1.165) is 38.0 Å². The lowest BCUT2D eigenvalue weighted by Crippen LogP contribution is -2.48. The highest BCUT2D eigenvalue weighted by Crippen LogP contribution is 2.28. The van der Waals surface area contributed by atoms with Gasteiger partial charge in [0.15, 0.2) is 21.3 Å². The van der Waals surface area contributed by atoms with Crippen LogP contribution in [0.2, 0.25) is 0 Å². The molecule has 3 heterocycles. The van der Waals surface area contributed by atoms with Crippen LogP contribution in [0.1, 0.15) is 28.9 Å². The largest absolute Gasteiger partial charge is 0.490 e. The van der Waals surface area contributed by atoms with Gasteiger partial charge in [-0.3, -0.25) is 14.1 Å². The van der Waals surface area contributed by atoms with E-state index in [1.54, 1.807) is 42.1 Å². The number of carboxylic acid groups (broad SMARTS) is 1. The van der Waals surface area contributed by atoms with Gasteiger partial charge in [0.2, 0.25) is 0 Å². The van der Waals surface area contributed by atoms with Crippen molar-refractivity contribution in [1.29, 1.82) is 0 Å². The molecule has 0 bridgehead atoms. The van der Waals surface area contributed by atoms with Gasteiger partial charge in [0.05, 0.1) is 23.4 Å². The van der Waals surface area contributed by atoms with E-state index >= 15 is 0 Å². The molecule has 1 amide bonds. The first-order valence-corrected chi connectivity index (χ1v) is 14.3. The fraction of sp³-hybridized carbons (Fsp3) is 0.440. The third-order valence-electron chi connectivity index (χ3n) is 6.36. The number of likely N-dealkylation sites (tertiary alicyclic amines) is 1. The Morgan fingerprint density at radius 3 is 2.59 bits per heavy atom. The Morgan fingerprint density at radius 2 is 1.98 bits per heavy atom. The van der Waals surface area contributed by atoms with Crippen molar-refractivity contribution in [3.63, 3.8) is 0 Å². The number of aryl methyl sites for hydroxylation is 1. The number of amides is 1. The third kappa shape index (κ3) is 8.14. The molecule has 0 spiro atoms. The van der Waals surface area contributed by atoms with E-state index in [-0.39, 0.29) is 28.4 Å². The molecule has 1 aliphatic heterocycles. The first-order chi connectivity index (χ1) is 19.1. The summed E-state index contributed by atoms with van der Waals surface area (Å²) in [5, 5.41) is 10.2. The SMILES string of the molecule is COCCN1CCCC(NC(=O)c2cn3c(-c4cc(S(C)(=O)=O)ccc4C)cnc3c(N)n2)C1.O=C(O)C(F)(F)F. The number of fused-ring (bicyclic) bond motifs is 1. The van der Waals surface area contributed by atoms with Gasteiger partial charge in [-0.25, -0.2) is 23.2 Å². The first kappa shape index (κ1) is 31.8. The Kier molecular flexibility index (Phi) is 9.94. The zero-order valence-electron chi connectivity index (χ0n) is 22.6. The number of sulfone groups is 1. The number of aliphatic carboxylic acids is 1. The molecule has 0 saturated carbocycles. The lowest BCUT2D eigenvalue weighted by molar-refractivity contribution is -0.192. The number of carbonyl (C=O) groups is 2. The number of alkyl halides is 3. The zero-order chi connectivity index (χ0) is 30.5. The summed E-state index contributed by atoms with van der Waals surface area (Å²) in [6.45, 7) is 5.10. The van der Waals surface area contributed by atoms with Crippen molar-refractivity contribution in [2.24, 2.45) is 0 Å². The van der Waals surface area contributed by atoms with Crippen LogP contribution in [0.5, 0.6) is 0 Å². The number of nitrogens with one attached hydrogen (secondary N) is 1. The quantitative estimate of drug-likeness (QED) is 0.365. The number of carbonyl (C=O) groups excluding carboxylic acids is 1. The molecule has 1 saturated heterocycles. The maximum Gasteiger partial charge on any atom is 0.490 e. The molecule has 0 radical (unpaired) electrons. The highest BCUT2D eigenvalue weighted by atomic mass is 32.2. The molecular formula is C25H31F3N6O6S. The number of imidazole rings is 1. The number of carboxylic acids is 1. The van der Waals surface area contributed by atoms with Crippen LogP contribution in [0.3, 0.4) is 0 Å². The van der Waals surface area contributed by atoms with Crippen LogP contribution in [0.4, 0.5) is 19.0 Å². The minimum Gasteiger partial charge on any atom is -0.475 e. The average Bonchev–Trinajstić information content (AvgIpc) is 3.31. The number of nitrogens with zero attached hydrogens (tertiary/aromatic N) is 4. The fourth-order valence-electron chi connectivity index (χ4n) is 4.28. The molecule has 12 nitrogen and oxygen atoms in total. The summed E-state index contributed by atoms with van der Waals surface area (Å²) in [4.78, 5) is 33.1.